The van der Waals surface area contributed by atoms with Crippen molar-refractivity contribution in [2.45, 2.75) is 56.9 Å². The predicted octanol–water partition coefficient (Wildman–Crippen LogP) is 5.75. The molecule has 1 fully saturated rings. The Kier molecular flexibility index (Phi) is 11.0. The Morgan fingerprint density at radius 2 is 1.36 bits per heavy atom. The number of rotatable bonds is 13. The fourth-order valence-corrected chi connectivity index (χ4v) is 4.98. The average Bonchev–Trinajstić information content (AvgIpc) is 3.05. The third-order valence-corrected chi connectivity index (χ3v) is 7.18. The van der Waals surface area contributed by atoms with E-state index in [2.05, 4.69) is 0 Å². The number of methoxy groups -OCH3 is 1. The van der Waals surface area contributed by atoms with E-state index in [-0.39, 0.29) is 13.2 Å². The molecule has 0 unspecified atom stereocenters. The van der Waals surface area contributed by atoms with Gasteiger partial charge in [-0.1, -0.05) is 91.0 Å². The molecule has 1 aliphatic carbocycles. The van der Waals surface area contributed by atoms with Crippen LogP contribution in [0.4, 0.5) is 0 Å². The monoisotopic (exact) mass is 569 g/mol. The van der Waals surface area contributed by atoms with Gasteiger partial charge in [-0.3, -0.25) is 0 Å². The molecule has 7 heteroatoms. The zero-order valence-electron chi connectivity index (χ0n) is 23.7. The lowest BCUT2D eigenvalue weighted by Crippen LogP contribution is -2.62. The highest BCUT2D eigenvalue weighted by Crippen LogP contribution is 2.31. The van der Waals surface area contributed by atoms with Crippen molar-refractivity contribution in [2.24, 2.45) is 0 Å². The predicted molar refractivity (Wildman–Crippen MR) is 158 cm³/mol. The van der Waals surface area contributed by atoms with Crippen molar-refractivity contribution in [3.63, 3.8) is 0 Å². The summed E-state index contributed by atoms with van der Waals surface area (Å²) in [7, 11) is 1.55. The summed E-state index contributed by atoms with van der Waals surface area (Å²) in [6.07, 6.45) is 4.22. The molecular formula is C35H37O7+. The van der Waals surface area contributed by atoms with Crippen LogP contribution in [-0.4, -0.2) is 50.4 Å². The maximum absolute atomic E-state index is 13.4. The number of benzene rings is 3. The molecule has 5 rings (SSSR count). The van der Waals surface area contributed by atoms with Crippen LogP contribution >= 0.6 is 0 Å². The van der Waals surface area contributed by atoms with E-state index in [9.17, 15) is 4.79 Å². The minimum atomic E-state index is -0.833. The normalized spacial score (nSPS) is 23.5. The summed E-state index contributed by atoms with van der Waals surface area (Å²) >= 11 is 0. The maximum Gasteiger partial charge on any atom is 0.392 e. The molecule has 7 nitrogen and oxygen atoms in total. The highest BCUT2D eigenvalue weighted by Gasteiger charge is 2.50. The number of ether oxygens (including phenoxy) is 6. The van der Waals surface area contributed by atoms with Crippen LogP contribution in [0, 0.1) is 6.42 Å². The van der Waals surface area contributed by atoms with E-state index in [1.807, 2.05) is 110 Å². The average molecular weight is 570 g/mol. The van der Waals surface area contributed by atoms with Crippen LogP contribution in [0.25, 0.3) is 0 Å². The lowest BCUT2D eigenvalue weighted by Gasteiger charge is -2.44. The van der Waals surface area contributed by atoms with Gasteiger partial charge in [0.15, 0.2) is 12.4 Å². The molecule has 218 valence electrons. The molecule has 1 aliphatic heterocycles. The number of hydrogen-bond acceptors (Lipinski definition) is 7. The Morgan fingerprint density at radius 1 is 0.786 bits per heavy atom. The minimum absolute atomic E-state index is 0.201. The zero-order valence-corrected chi connectivity index (χ0v) is 23.7. The maximum atomic E-state index is 13.4. The second-order valence-electron chi connectivity index (χ2n) is 10.2. The van der Waals surface area contributed by atoms with E-state index in [0.717, 1.165) is 16.7 Å². The third kappa shape index (κ3) is 8.18. The van der Waals surface area contributed by atoms with E-state index in [0.29, 0.717) is 25.2 Å². The fraction of sp³-hybridized carbons (Fsp3) is 0.314. The Bertz CT molecular complexity index is 1290. The Balaban J connectivity index is 1.40. The second-order valence-corrected chi connectivity index (χ2v) is 10.2. The number of carbonyl (C=O) groups excluding carboxylic acids is 1. The molecule has 2 aliphatic rings. The van der Waals surface area contributed by atoms with Crippen molar-refractivity contribution in [3.8, 4) is 0 Å². The third-order valence-electron chi connectivity index (χ3n) is 7.18. The van der Waals surface area contributed by atoms with Crippen LogP contribution in [0.1, 0.15) is 23.1 Å². The fourth-order valence-electron chi connectivity index (χ4n) is 4.98. The molecule has 0 aromatic heterocycles. The number of carbonyl (C=O) groups is 1. The molecule has 0 radical (unpaired) electrons. The van der Waals surface area contributed by atoms with Gasteiger partial charge in [-0.25, -0.2) is 4.79 Å². The van der Waals surface area contributed by atoms with Gasteiger partial charge in [0.25, 0.3) is 0 Å². The number of esters is 1. The molecule has 3 aromatic rings. The molecule has 1 heterocycles. The molecule has 0 saturated carbocycles. The van der Waals surface area contributed by atoms with E-state index in [4.69, 9.17) is 28.4 Å². The van der Waals surface area contributed by atoms with Crippen molar-refractivity contribution < 1.29 is 33.2 Å². The smallest absolute Gasteiger partial charge is 0.392 e. The largest absolute Gasteiger partial charge is 0.443 e. The van der Waals surface area contributed by atoms with E-state index in [1.54, 1.807) is 13.2 Å². The topological polar surface area (TPSA) is 72.5 Å². The Hall–Kier alpha value is -3.72. The number of allylic oxidation sites excluding steroid dienone is 3. The molecule has 3 aromatic carbocycles. The SMILES string of the molecule is CO[C@@H]1O[C@H](COCc2ccccc2)[C@H](OCc2ccccc2)[C@H](OC(=O)C2=C[CH+]C=CC2)[C@H]1OCc1ccccc1. The van der Waals surface area contributed by atoms with Gasteiger partial charge in [-0.15, -0.1) is 0 Å². The highest BCUT2D eigenvalue weighted by molar-refractivity contribution is 5.89. The Morgan fingerprint density at radius 3 is 1.90 bits per heavy atom. The summed E-state index contributed by atoms with van der Waals surface area (Å²) < 4.78 is 37.4. The van der Waals surface area contributed by atoms with E-state index < -0.39 is 36.7 Å². The second kappa shape index (κ2) is 15.5. The van der Waals surface area contributed by atoms with Gasteiger partial charge in [-0.2, -0.15) is 0 Å². The van der Waals surface area contributed by atoms with Gasteiger partial charge in [0, 0.05) is 25.7 Å². The quantitative estimate of drug-likeness (QED) is 0.192. The van der Waals surface area contributed by atoms with Crippen molar-refractivity contribution in [2.75, 3.05) is 13.7 Å². The first-order valence-corrected chi connectivity index (χ1v) is 14.2. The summed E-state index contributed by atoms with van der Waals surface area (Å²) in [5.74, 6) is -0.428. The number of hydrogen-bond donors (Lipinski definition) is 0. The van der Waals surface area contributed by atoms with Crippen molar-refractivity contribution in [1.82, 2.24) is 0 Å². The van der Waals surface area contributed by atoms with Crippen LogP contribution in [0.5, 0.6) is 0 Å². The molecule has 0 bridgehead atoms. The highest BCUT2D eigenvalue weighted by atomic mass is 16.7. The van der Waals surface area contributed by atoms with Gasteiger partial charge in [-0.05, 0) is 16.7 Å². The summed E-state index contributed by atoms with van der Waals surface area (Å²) in [6.45, 7) is 1.17. The summed E-state index contributed by atoms with van der Waals surface area (Å²) in [5.41, 5.74) is 3.55. The van der Waals surface area contributed by atoms with Crippen LogP contribution in [0.3, 0.4) is 0 Å². The molecule has 1 saturated heterocycles. The van der Waals surface area contributed by atoms with Crippen LogP contribution in [-0.2, 0) is 53.0 Å². The molecule has 42 heavy (non-hydrogen) atoms. The summed E-state index contributed by atoms with van der Waals surface area (Å²) in [4.78, 5) is 13.4. The molecular weight excluding hydrogens is 532 g/mol. The van der Waals surface area contributed by atoms with Crippen LogP contribution in [0.15, 0.2) is 115 Å². The van der Waals surface area contributed by atoms with Crippen molar-refractivity contribution in [1.29, 1.82) is 0 Å². The van der Waals surface area contributed by atoms with Gasteiger partial charge in [0.05, 0.1) is 38.9 Å². The molecule has 0 N–H and O–H groups in total. The first kappa shape index (κ1) is 29.8. The van der Waals surface area contributed by atoms with E-state index >= 15 is 0 Å². The molecule has 5 atom stereocenters. The van der Waals surface area contributed by atoms with Crippen LogP contribution in [0.2, 0.25) is 0 Å². The van der Waals surface area contributed by atoms with Gasteiger partial charge in [0.2, 0.25) is 0 Å². The lowest BCUT2D eigenvalue weighted by molar-refractivity contribution is -0.316. The molecule has 0 amide bonds. The summed E-state index contributed by atoms with van der Waals surface area (Å²) in [6, 6.07) is 29.6. The van der Waals surface area contributed by atoms with Gasteiger partial charge in [0.1, 0.15) is 23.9 Å². The standard InChI is InChI=1S/C35H37O7/c1-37-35-33(40-24-28-18-10-4-11-19-28)32(42-34(36)29-20-12-5-13-21-29)31(39-23-27-16-8-3-9-17-27)30(41-35)25-38-22-26-14-6-2-7-15-26/h2-20,30-33,35H,21-25H2,1H3/q+1/t30-,31+,32+,33-,35-/m1/s1. The van der Waals surface area contributed by atoms with Gasteiger partial charge >= 0.3 is 5.97 Å². The lowest BCUT2D eigenvalue weighted by atomic mass is 9.97. The van der Waals surface area contributed by atoms with Crippen molar-refractivity contribution in [3.05, 3.63) is 138 Å². The van der Waals surface area contributed by atoms with E-state index in [1.165, 1.54) is 0 Å². The molecule has 0 spiro atoms. The summed E-state index contributed by atoms with van der Waals surface area (Å²) in [5, 5.41) is 0. The first-order chi connectivity index (χ1) is 20.7. The first-order valence-electron chi connectivity index (χ1n) is 14.2. The Labute approximate surface area is 247 Å². The minimum Gasteiger partial charge on any atom is -0.443 e. The zero-order chi connectivity index (χ0) is 29.0. The van der Waals surface area contributed by atoms with Gasteiger partial charge < -0.3 is 28.4 Å². The van der Waals surface area contributed by atoms with Crippen LogP contribution < -0.4 is 0 Å². The van der Waals surface area contributed by atoms with Crippen molar-refractivity contribution >= 4 is 5.97 Å².